The van der Waals surface area contributed by atoms with Gasteiger partial charge >= 0.3 is 11.9 Å². The number of nitrogens with two attached hydrogens (primary N) is 2. The summed E-state index contributed by atoms with van der Waals surface area (Å²) < 4.78 is 0. The number of amides is 3. The van der Waals surface area contributed by atoms with Gasteiger partial charge in [-0.2, -0.15) is 0 Å². The van der Waals surface area contributed by atoms with Crippen LogP contribution in [-0.2, 0) is 24.0 Å². The summed E-state index contributed by atoms with van der Waals surface area (Å²) in [6.07, 6.45) is -2.48. The molecule has 0 fully saturated rings. The first-order valence-corrected chi connectivity index (χ1v) is 7.73. The van der Waals surface area contributed by atoms with Crippen LogP contribution in [0.4, 0.5) is 0 Å². The molecular weight excluding hydrogens is 352 g/mol. The standard InChI is InChI=1S/C14H24N4O8/c1-6(19)11(14(25)26)18-13(24)8(3-4-9(16)20)17-12(23)7(15)2-5-10(21)22/h6-8,11,19H,2-5,15H2,1H3,(H2,16,20)(H,17,23)(H,18,24)(H,21,22)(H,25,26). The number of aliphatic hydroxyl groups excluding tert-OH is 1. The molecule has 0 aromatic carbocycles. The van der Waals surface area contributed by atoms with E-state index in [0.717, 1.165) is 6.92 Å². The molecule has 9 N–H and O–H groups in total. The van der Waals surface area contributed by atoms with E-state index in [2.05, 4.69) is 5.32 Å². The fourth-order valence-electron chi connectivity index (χ4n) is 1.89. The molecule has 0 aliphatic rings. The Kier molecular flexibility index (Phi) is 9.84. The van der Waals surface area contributed by atoms with Crippen LogP contribution in [0.5, 0.6) is 0 Å². The minimum atomic E-state index is -1.63. The van der Waals surface area contributed by atoms with Crippen molar-refractivity contribution in [1.29, 1.82) is 0 Å². The van der Waals surface area contributed by atoms with Crippen LogP contribution in [-0.4, -0.2) is 69.2 Å². The van der Waals surface area contributed by atoms with E-state index in [1.54, 1.807) is 0 Å². The second kappa shape index (κ2) is 11.0. The largest absolute Gasteiger partial charge is 0.481 e. The lowest BCUT2D eigenvalue weighted by molar-refractivity contribution is -0.145. The predicted octanol–water partition coefficient (Wildman–Crippen LogP) is -3.12. The van der Waals surface area contributed by atoms with Gasteiger partial charge in [-0.25, -0.2) is 4.79 Å². The van der Waals surface area contributed by atoms with Crippen LogP contribution >= 0.6 is 0 Å². The lowest BCUT2D eigenvalue weighted by Gasteiger charge is -2.23. The van der Waals surface area contributed by atoms with Gasteiger partial charge in [0.25, 0.3) is 0 Å². The monoisotopic (exact) mass is 376 g/mol. The van der Waals surface area contributed by atoms with Crippen molar-refractivity contribution in [2.45, 2.75) is 56.8 Å². The zero-order valence-corrected chi connectivity index (χ0v) is 14.2. The van der Waals surface area contributed by atoms with Crippen molar-refractivity contribution in [3.63, 3.8) is 0 Å². The molecule has 0 aromatic rings. The zero-order valence-electron chi connectivity index (χ0n) is 14.2. The van der Waals surface area contributed by atoms with Crippen LogP contribution in [0.3, 0.4) is 0 Å². The van der Waals surface area contributed by atoms with E-state index in [1.165, 1.54) is 0 Å². The first-order chi connectivity index (χ1) is 12.0. The highest BCUT2D eigenvalue weighted by Gasteiger charge is 2.30. The van der Waals surface area contributed by atoms with Gasteiger partial charge in [0.1, 0.15) is 6.04 Å². The van der Waals surface area contributed by atoms with Crippen molar-refractivity contribution in [3.05, 3.63) is 0 Å². The molecule has 0 radical (unpaired) electrons. The second-order valence-electron chi connectivity index (χ2n) is 5.67. The Balaban J connectivity index is 5.05. The average Bonchev–Trinajstić information content (AvgIpc) is 2.52. The average molecular weight is 376 g/mol. The Morgan fingerprint density at radius 3 is 1.96 bits per heavy atom. The van der Waals surface area contributed by atoms with Gasteiger partial charge < -0.3 is 37.4 Å². The molecule has 12 nitrogen and oxygen atoms in total. The highest BCUT2D eigenvalue weighted by Crippen LogP contribution is 2.03. The number of carbonyl (C=O) groups is 5. The molecule has 0 spiro atoms. The number of primary amides is 1. The van der Waals surface area contributed by atoms with Gasteiger partial charge in [0.2, 0.25) is 17.7 Å². The number of hydrogen-bond donors (Lipinski definition) is 7. The van der Waals surface area contributed by atoms with Crippen LogP contribution in [0.2, 0.25) is 0 Å². The molecule has 0 aliphatic carbocycles. The van der Waals surface area contributed by atoms with Gasteiger partial charge in [-0.15, -0.1) is 0 Å². The quantitative estimate of drug-likeness (QED) is 0.183. The topological polar surface area (TPSA) is 222 Å². The normalized spacial score (nSPS) is 15.2. The number of aliphatic carboxylic acids is 2. The number of nitrogens with one attached hydrogen (secondary N) is 2. The summed E-state index contributed by atoms with van der Waals surface area (Å²) in [5.74, 6) is -5.21. The summed E-state index contributed by atoms with van der Waals surface area (Å²) in [6, 6.07) is -4.19. The Hall–Kier alpha value is -2.73. The van der Waals surface area contributed by atoms with Crippen molar-refractivity contribution in [2.24, 2.45) is 11.5 Å². The molecule has 0 aromatic heterocycles. The van der Waals surface area contributed by atoms with Gasteiger partial charge in [0.05, 0.1) is 12.1 Å². The summed E-state index contributed by atoms with van der Waals surface area (Å²) in [6.45, 7) is 1.15. The molecule has 0 rings (SSSR count). The van der Waals surface area contributed by atoms with Gasteiger partial charge in [0, 0.05) is 12.8 Å². The van der Waals surface area contributed by atoms with Crippen molar-refractivity contribution in [2.75, 3.05) is 0 Å². The Labute approximate surface area is 148 Å². The summed E-state index contributed by atoms with van der Waals surface area (Å²) in [5, 5.41) is 31.2. The molecule has 0 saturated carbocycles. The highest BCUT2D eigenvalue weighted by molar-refractivity contribution is 5.92. The summed E-state index contributed by atoms with van der Waals surface area (Å²) >= 11 is 0. The zero-order chi connectivity index (χ0) is 20.4. The summed E-state index contributed by atoms with van der Waals surface area (Å²) in [5.41, 5.74) is 10.5. The van der Waals surface area contributed by atoms with E-state index in [4.69, 9.17) is 21.7 Å². The molecule has 3 amide bonds. The van der Waals surface area contributed by atoms with Crippen LogP contribution < -0.4 is 22.1 Å². The maximum Gasteiger partial charge on any atom is 0.328 e. The van der Waals surface area contributed by atoms with Gasteiger partial charge in [-0.1, -0.05) is 0 Å². The number of hydrogen-bond acceptors (Lipinski definition) is 7. The second-order valence-corrected chi connectivity index (χ2v) is 5.67. The highest BCUT2D eigenvalue weighted by atomic mass is 16.4. The number of rotatable bonds is 12. The van der Waals surface area contributed by atoms with Crippen LogP contribution in [0.1, 0.15) is 32.6 Å². The molecular formula is C14H24N4O8. The predicted molar refractivity (Wildman–Crippen MR) is 86.5 cm³/mol. The van der Waals surface area contributed by atoms with Crippen LogP contribution in [0.25, 0.3) is 0 Å². The van der Waals surface area contributed by atoms with E-state index < -0.39 is 53.9 Å². The van der Waals surface area contributed by atoms with Crippen molar-refractivity contribution in [3.8, 4) is 0 Å². The van der Waals surface area contributed by atoms with Gasteiger partial charge in [0.15, 0.2) is 6.04 Å². The molecule has 0 heterocycles. The van der Waals surface area contributed by atoms with Crippen molar-refractivity contribution < 1.29 is 39.3 Å². The number of carbonyl (C=O) groups excluding carboxylic acids is 3. The number of carboxylic acid groups (broad SMARTS) is 2. The lowest BCUT2D eigenvalue weighted by atomic mass is 10.1. The van der Waals surface area contributed by atoms with E-state index in [9.17, 15) is 29.1 Å². The van der Waals surface area contributed by atoms with E-state index >= 15 is 0 Å². The third-order valence-corrected chi connectivity index (χ3v) is 3.36. The first-order valence-electron chi connectivity index (χ1n) is 7.73. The molecule has 4 atom stereocenters. The van der Waals surface area contributed by atoms with E-state index in [-0.39, 0.29) is 25.7 Å². The number of aliphatic hydroxyl groups is 1. The molecule has 26 heavy (non-hydrogen) atoms. The van der Waals surface area contributed by atoms with Crippen molar-refractivity contribution >= 4 is 29.7 Å². The minimum absolute atomic E-state index is 0.184. The van der Waals surface area contributed by atoms with E-state index in [0.29, 0.717) is 0 Å². The first kappa shape index (κ1) is 23.3. The SMILES string of the molecule is CC(O)C(NC(=O)C(CCC(N)=O)NC(=O)C(N)CCC(=O)O)C(=O)O. The molecule has 12 heteroatoms. The maximum absolute atomic E-state index is 12.2. The minimum Gasteiger partial charge on any atom is -0.481 e. The Bertz CT molecular complexity index is 551. The summed E-state index contributed by atoms with van der Waals surface area (Å²) in [7, 11) is 0. The third-order valence-electron chi connectivity index (χ3n) is 3.36. The van der Waals surface area contributed by atoms with Crippen LogP contribution in [0.15, 0.2) is 0 Å². The molecule has 0 aliphatic heterocycles. The van der Waals surface area contributed by atoms with Crippen LogP contribution in [0, 0.1) is 0 Å². The lowest BCUT2D eigenvalue weighted by Crippen LogP contribution is -2.56. The fraction of sp³-hybridized carbons (Fsp3) is 0.643. The van der Waals surface area contributed by atoms with Gasteiger partial charge in [-0.05, 0) is 19.8 Å². The smallest absolute Gasteiger partial charge is 0.328 e. The molecule has 0 saturated heterocycles. The fourth-order valence-corrected chi connectivity index (χ4v) is 1.89. The number of carboxylic acids is 2. The molecule has 148 valence electrons. The van der Waals surface area contributed by atoms with Crippen molar-refractivity contribution in [1.82, 2.24) is 10.6 Å². The Morgan fingerprint density at radius 1 is 0.962 bits per heavy atom. The van der Waals surface area contributed by atoms with E-state index in [1.807, 2.05) is 5.32 Å². The Morgan fingerprint density at radius 2 is 1.54 bits per heavy atom. The summed E-state index contributed by atoms with van der Waals surface area (Å²) in [4.78, 5) is 56.6. The third kappa shape index (κ3) is 8.94. The molecule has 4 unspecified atom stereocenters. The molecule has 0 bridgehead atoms. The maximum atomic E-state index is 12.2. The van der Waals surface area contributed by atoms with Gasteiger partial charge in [-0.3, -0.25) is 19.2 Å².